The van der Waals surface area contributed by atoms with E-state index in [9.17, 15) is 4.79 Å². The third-order valence-electron chi connectivity index (χ3n) is 5.17. The van der Waals surface area contributed by atoms with Gasteiger partial charge in [0.15, 0.2) is 0 Å². The van der Waals surface area contributed by atoms with E-state index in [1.54, 1.807) is 0 Å². The molecular formula is C19H25N7O. The number of likely N-dealkylation sites (N-methyl/N-ethyl adjacent to an activating group) is 1. The maximum Gasteiger partial charge on any atom is 0.253 e. The Balaban J connectivity index is 1.49. The number of benzene rings is 1. The number of aromatic amines is 1. The number of nitrogens with one attached hydrogen (secondary N) is 1. The topological polar surface area (TPSA) is 82.9 Å². The van der Waals surface area contributed by atoms with Gasteiger partial charge in [-0.15, -0.1) is 0 Å². The summed E-state index contributed by atoms with van der Waals surface area (Å²) in [6.07, 6.45) is 5.95. The number of H-pyrrole nitrogens is 1. The van der Waals surface area contributed by atoms with Gasteiger partial charge < -0.3 is 14.4 Å². The van der Waals surface area contributed by atoms with Gasteiger partial charge in [0.25, 0.3) is 5.91 Å². The van der Waals surface area contributed by atoms with Crippen LogP contribution in [0.3, 0.4) is 0 Å². The SMILES string of the molecule is CN(C)CCn1ccnc1[C@H]1CCCN(C(=O)c2ccc3n[nH]nc3c2)C1. The summed E-state index contributed by atoms with van der Waals surface area (Å²) in [5.41, 5.74) is 2.15. The molecule has 8 heteroatoms. The first-order chi connectivity index (χ1) is 13.1. The smallest absolute Gasteiger partial charge is 0.253 e. The Bertz CT molecular complexity index is 929. The van der Waals surface area contributed by atoms with Crippen LogP contribution in [-0.4, -0.2) is 74.4 Å². The highest BCUT2D eigenvalue weighted by atomic mass is 16.2. The van der Waals surface area contributed by atoms with Crippen molar-refractivity contribution in [3.05, 3.63) is 42.0 Å². The number of amides is 1. The molecule has 1 fully saturated rings. The summed E-state index contributed by atoms with van der Waals surface area (Å²) in [5.74, 6) is 1.41. The number of hydrogen-bond acceptors (Lipinski definition) is 5. The Kier molecular flexibility index (Phi) is 4.89. The van der Waals surface area contributed by atoms with Crippen molar-refractivity contribution in [2.75, 3.05) is 33.7 Å². The third-order valence-corrected chi connectivity index (χ3v) is 5.17. The van der Waals surface area contributed by atoms with E-state index >= 15 is 0 Å². The zero-order valence-corrected chi connectivity index (χ0v) is 15.8. The first kappa shape index (κ1) is 17.7. The molecular weight excluding hydrogens is 342 g/mol. The van der Waals surface area contributed by atoms with Crippen LogP contribution < -0.4 is 0 Å². The van der Waals surface area contributed by atoms with Gasteiger partial charge in [-0.25, -0.2) is 4.98 Å². The Morgan fingerprint density at radius 2 is 2.15 bits per heavy atom. The van der Waals surface area contributed by atoms with Gasteiger partial charge in [0.05, 0.1) is 0 Å². The van der Waals surface area contributed by atoms with Crippen LogP contribution in [0.2, 0.25) is 0 Å². The lowest BCUT2D eigenvalue weighted by atomic mass is 9.96. The van der Waals surface area contributed by atoms with E-state index < -0.39 is 0 Å². The molecule has 27 heavy (non-hydrogen) atoms. The summed E-state index contributed by atoms with van der Waals surface area (Å²) in [6.45, 7) is 3.37. The standard InChI is InChI=1S/C19H25N7O/c1-24(2)10-11-25-9-7-20-18(25)15-4-3-8-26(13-15)19(27)14-5-6-16-17(12-14)22-23-21-16/h5-7,9,12,15H,3-4,8,10-11,13H2,1-2H3,(H,21,22,23)/t15-/m0/s1. The first-order valence-corrected chi connectivity index (χ1v) is 9.37. The number of hydrogen-bond donors (Lipinski definition) is 1. The van der Waals surface area contributed by atoms with Gasteiger partial charge in [-0.2, -0.15) is 15.4 Å². The van der Waals surface area contributed by atoms with Gasteiger partial charge in [-0.05, 0) is 45.1 Å². The number of imidazole rings is 1. The van der Waals surface area contributed by atoms with Crippen LogP contribution in [0.1, 0.15) is 34.9 Å². The van der Waals surface area contributed by atoms with E-state index in [0.29, 0.717) is 17.6 Å². The Morgan fingerprint density at radius 1 is 1.30 bits per heavy atom. The fourth-order valence-corrected chi connectivity index (χ4v) is 3.71. The van der Waals surface area contributed by atoms with Crippen molar-refractivity contribution >= 4 is 16.9 Å². The molecule has 1 aliphatic rings. The van der Waals surface area contributed by atoms with Crippen LogP contribution in [0, 0.1) is 0 Å². The van der Waals surface area contributed by atoms with Crippen molar-refractivity contribution in [1.29, 1.82) is 0 Å². The number of aromatic nitrogens is 5. The second-order valence-corrected chi connectivity index (χ2v) is 7.40. The van der Waals surface area contributed by atoms with Crippen LogP contribution >= 0.6 is 0 Å². The Labute approximate surface area is 158 Å². The maximum absolute atomic E-state index is 13.0. The minimum absolute atomic E-state index is 0.0518. The molecule has 8 nitrogen and oxygen atoms in total. The van der Waals surface area contributed by atoms with Crippen molar-refractivity contribution in [2.45, 2.75) is 25.3 Å². The van der Waals surface area contributed by atoms with E-state index in [2.05, 4.69) is 44.0 Å². The lowest BCUT2D eigenvalue weighted by Gasteiger charge is -2.33. The molecule has 4 rings (SSSR count). The zero-order valence-electron chi connectivity index (χ0n) is 15.8. The zero-order chi connectivity index (χ0) is 18.8. The summed E-state index contributed by atoms with van der Waals surface area (Å²) in [4.78, 5) is 21.7. The number of rotatable bonds is 5. The van der Waals surface area contributed by atoms with Crippen LogP contribution in [0.5, 0.6) is 0 Å². The molecule has 1 aromatic carbocycles. The van der Waals surface area contributed by atoms with Gasteiger partial charge in [0, 0.05) is 50.1 Å². The van der Waals surface area contributed by atoms with Crippen LogP contribution in [0.25, 0.3) is 11.0 Å². The van der Waals surface area contributed by atoms with Gasteiger partial charge in [-0.3, -0.25) is 4.79 Å². The fraction of sp³-hybridized carbons (Fsp3) is 0.474. The molecule has 3 aromatic rings. The van der Waals surface area contributed by atoms with E-state index in [1.807, 2.05) is 35.5 Å². The molecule has 0 saturated carbocycles. The highest BCUT2D eigenvalue weighted by Crippen LogP contribution is 2.27. The largest absolute Gasteiger partial charge is 0.338 e. The number of piperidine rings is 1. The molecule has 2 aromatic heterocycles. The molecule has 1 aliphatic heterocycles. The van der Waals surface area contributed by atoms with E-state index in [1.165, 1.54) is 0 Å². The van der Waals surface area contributed by atoms with Crippen molar-refractivity contribution in [2.24, 2.45) is 0 Å². The van der Waals surface area contributed by atoms with E-state index in [0.717, 1.165) is 43.8 Å². The lowest BCUT2D eigenvalue weighted by molar-refractivity contribution is 0.0703. The molecule has 0 aliphatic carbocycles. The predicted octanol–water partition coefficient (Wildman–Crippen LogP) is 1.74. The molecule has 0 unspecified atom stereocenters. The number of fused-ring (bicyclic) bond motifs is 1. The Hall–Kier alpha value is -2.74. The third kappa shape index (κ3) is 3.71. The summed E-state index contributed by atoms with van der Waals surface area (Å²) in [7, 11) is 4.15. The van der Waals surface area contributed by atoms with Crippen molar-refractivity contribution in [1.82, 2.24) is 34.8 Å². The average Bonchev–Trinajstić information content (AvgIpc) is 3.34. The second-order valence-electron chi connectivity index (χ2n) is 7.40. The molecule has 0 radical (unpaired) electrons. The second kappa shape index (κ2) is 7.48. The quantitative estimate of drug-likeness (QED) is 0.743. The van der Waals surface area contributed by atoms with Gasteiger partial charge in [-0.1, -0.05) is 0 Å². The van der Waals surface area contributed by atoms with Crippen molar-refractivity contribution in [3.8, 4) is 0 Å². The molecule has 1 saturated heterocycles. The van der Waals surface area contributed by atoms with Crippen molar-refractivity contribution < 1.29 is 4.79 Å². The number of nitrogens with zero attached hydrogens (tertiary/aromatic N) is 6. The van der Waals surface area contributed by atoms with Crippen LogP contribution in [0.15, 0.2) is 30.6 Å². The highest BCUT2D eigenvalue weighted by Gasteiger charge is 2.28. The molecule has 1 atom stereocenters. The first-order valence-electron chi connectivity index (χ1n) is 9.37. The molecule has 1 amide bonds. The number of carbonyl (C=O) groups is 1. The molecule has 3 heterocycles. The van der Waals surface area contributed by atoms with E-state index in [4.69, 9.17) is 0 Å². The summed E-state index contributed by atoms with van der Waals surface area (Å²) >= 11 is 0. The molecule has 142 valence electrons. The Morgan fingerprint density at radius 3 is 3.00 bits per heavy atom. The lowest BCUT2D eigenvalue weighted by Crippen LogP contribution is -2.39. The maximum atomic E-state index is 13.0. The normalized spacial score (nSPS) is 17.7. The predicted molar refractivity (Wildman–Crippen MR) is 103 cm³/mol. The van der Waals surface area contributed by atoms with Crippen LogP contribution in [-0.2, 0) is 6.54 Å². The fourth-order valence-electron chi connectivity index (χ4n) is 3.71. The minimum atomic E-state index is 0.0518. The molecule has 1 N–H and O–H groups in total. The minimum Gasteiger partial charge on any atom is -0.338 e. The van der Waals surface area contributed by atoms with Gasteiger partial charge >= 0.3 is 0 Å². The van der Waals surface area contributed by atoms with E-state index in [-0.39, 0.29) is 11.8 Å². The van der Waals surface area contributed by atoms with Crippen LogP contribution in [0.4, 0.5) is 0 Å². The van der Waals surface area contributed by atoms with Gasteiger partial charge in [0.1, 0.15) is 16.9 Å². The summed E-state index contributed by atoms with van der Waals surface area (Å²) in [5, 5.41) is 10.7. The monoisotopic (exact) mass is 367 g/mol. The molecule has 0 bridgehead atoms. The summed E-state index contributed by atoms with van der Waals surface area (Å²) < 4.78 is 2.22. The highest BCUT2D eigenvalue weighted by molar-refractivity contribution is 5.97. The summed E-state index contributed by atoms with van der Waals surface area (Å²) in [6, 6.07) is 5.47. The number of likely N-dealkylation sites (tertiary alicyclic amines) is 1. The average molecular weight is 367 g/mol. The van der Waals surface area contributed by atoms with Gasteiger partial charge in [0.2, 0.25) is 0 Å². The molecule has 0 spiro atoms. The van der Waals surface area contributed by atoms with Crippen molar-refractivity contribution in [3.63, 3.8) is 0 Å². The number of carbonyl (C=O) groups excluding carboxylic acids is 1.